The molecule has 1 N–H and O–H groups in total. The summed E-state index contributed by atoms with van der Waals surface area (Å²) in [7, 11) is 0. The quantitative estimate of drug-likeness (QED) is 0.902. The summed E-state index contributed by atoms with van der Waals surface area (Å²) < 4.78 is 3.85. The minimum atomic E-state index is 0.331. The molecule has 1 heterocycles. The normalized spacial score (nSPS) is 12.6. The van der Waals surface area contributed by atoms with E-state index in [1.807, 2.05) is 5.38 Å². The van der Waals surface area contributed by atoms with Gasteiger partial charge in [0.05, 0.1) is 5.69 Å². The Hall–Kier alpha value is -1.26. The monoisotopic (exact) mass is 247 g/mol. The number of nitrogens with zero attached hydrogens (tertiary/aromatic N) is 2. The number of aryl methyl sites for hydroxylation is 2. The largest absolute Gasteiger partial charge is 0.304 e. The topological polar surface area (TPSA) is 37.8 Å². The molecule has 2 aromatic rings. The van der Waals surface area contributed by atoms with Crippen molar-refractivity contribution in [3.05, 3.63) is 46.0 Å². The molecule has 0 saturated heterocycles. The summed E-state index contributed by atoms with van der Waals surface area (Å²) in [4.78, 5) is 0. The van der Waals surface area contributed by atoms with Gasteiger partial charge in [0, 0.05) is 18.0 Å². The third-order valence-corrected chi connectivity index (χ3v) is 3.44. The Morgan fingerprint density at radius 2 is 2.18 bits per heavy atom. The van der Waals surface area contributed by atoms with Crippen LogP contribution in [0.15, 0.2) is 23.6 Å². The van der Waals surface area contributed by atoms with Gasteiger partial charge >= 0.3 is 0 Å². The van der Waals surface area contributed by atoms with Crippen LogP contribution in [-0.2, 0) is 6.54 Å². The fraction of sp³-hybridized carbons (Fsp3) is 0.385. The van der Waals surface area contributed by atoms with E-state index in [-0.39, 0.29) is 0 Å². The fourth-order valence-electron chi connectivity index (χ4n) is 1.94. The lowest BCUT2D eigenvalue weighted by molar-refractivity contribution is 0.564. The van der Waals surface area contributed by atoms with Gasteiger partial charge < -0.3 is 5.32 Å². The summed E-state index contributed by atoms with van der Waals surface area (Å²) in [5.41, 5.74) is 4.99. The van der Waals surface area contributed by atoms with Crippen molar-refractivity contribution >= 4 is 11.5 Å². The number of hydrogen-bond acceptors (Lipinski definition) is 4. The molecule has 0 aliphatic heterocycles. The van der Waals surface area contributed by atoms with Crippen molar-refractivity contribution in [3.63, 3.8) is 0 Å². The molecule has 0 fully saturated rings. The third kappa shape index (κ3) is 3.11. The Kier molecular flexibility index (Phi) is 3.86. The van der Waals surface area contributed by atoms with Gasteiger partial charge in [-0.05, 0) is 43.4 Å². The molecule has 1 unspecified atom stereocenters. The zero-order valence-electron chi connectivity index (χ0n) is 10.4. The van der Waals surface area contributed by atoms with Crippen LogP contribution in [0.3, 0.4) is 0 Å². The predicted octanol–water partition coefficient (Wildman–Crippen LogP) is 3.01. The Morgan fingerprint density at radius 3 is 2.82 bits per heavy atom. The lowest BCUT2D eigenvalue weighted by atomic mass is 10.0. The molecule has 1 aromatic carbocycles. The smallest absolute Gasteiger partial charge is 0.0893 e. The number of nitrogens with one attached hydrogen (secondary N) is 1. The van der Waals surface area contributed by atoms with Crippen LogP contribution in [0.2, 0.25) is 0 Å². The van der Waals surface area contributed by atoms with E-state index in [9.17, 15) is 0 Å². The van der Waals surface area contributed by atoms with Gasteiger partial charge in [-0.1, -0.05) is 28.3 Å². The molecule has 1 atom stereocenters. The first-order valence-corrected chi connectivity index (χ1v) is 6.57. The highest BCUT2D eigenvalue weighted by Gasteiger charge is 2.08. The van der Waals surface area contributed by atoms with Crippen molar-refractivity contribution in [1.29, 1.82) is 0 Å². The van der Waals surface area contributed by atoms with E-state index in [1.165, 1.54) is 28.2 Å². The Morgan fingerprint density at radius 1 is 1.35 bits per heavy atom. The minimum Gasteiger partial charge on any atom is -0.304 e. The van der Waals surface area contributed by atoms with Crippen LogP contribution in [0.25, 0.3) is 0 Å². The highest BCUT2D eigenvalue weighted by Crippen LogP contribution is 2.18. The van der Waals surface area contributed by atoms with E-state index in [2.05, 4.69) is 53.9 Å². The average molecular weight is 247 g/mol. The summed E-state index contributed by atoms with van der Waals surface area (Å²) in [6.45, 7) is 7.23. The zero-order chi connectivity index (χ0) is 12.3. The molecule has 0 aliphatic carbocycles. The third-order valence-electron chi connectivity index (χ3n) is 2.89. The summed E-state index contributed by atoms with van der Waals surface area (Å²) >= 11 is 1.39. The summed E-state index contributed by atoms with van der Waals surface area (Å²) in [6, 6.07) is 6.90. The van der Waals surface area contributed by atoms with Gasteiger partial charge in [-0.3, -0.25) is 0 Å². The Bertz CT molecular complexity index is 479. The van der Waals surface area contributed by atoms with Crippen molar-refractivity contribution in [2.24, 2.45) is 0 Å². The summed E-state index contributed by atoms with van der Waals surface area (Å²) in [5.74, 6) is 0. The van der Waals surface area contributed by atoms with Crippen LogP contribution in [-0.4, -0.2) is 9.59 Å². The van der Waals surface area contributed by atoms with Crippen LogP contribution in [0.4, 0.5) is 0 Å². The van der Waals surface area contributed by atoms with E-state index in [0.717, 1.165) is 12.2 Å². The van der Waals surface area contributed by atoms with Gasteiger partial charge in [0.2, 0.25) is 0 Å². The van der Waals surface area contributed by atoms with Crippen molar-refractivity contribution in [2.75, 3.05) is 0 Å². The van der Waals surface area contributed by atoms with E-state index in [4.69, 9.17) is 0 Å². The first-order chi connectivity index (χ1) is 8.16. The molecule has 90 valence electrons. The Labute approximate surface area is 106 Å². The van der Waals surface area contributed by atoms with Gasteiger partial charge in [-0.15, -0.1) is 5.10 Å². The Balaban J connectivity index is 2.01. The first kappa shape index (κ1) is 12.2. The lowest BCUT2D eigenvalue weighted by Crippen LogP contribution is -2.19. The van der Waals surface area contributed by atoms with Crippen molar-refractivity contribution < 1.29 is 0 Å². The van der Waals surface area contributed by atoms with E-state index in [1.54, 1.807) is 0 Å². The standard InChI is InChI=1S/C13H17N3S/c1-9-4-5-13(10(2)6-9)11(3)14-7-12-8-17-16-15-12/h4-6,8,11,14H,7H2,1-3H3. The van der Waals surface area contributed by atoms with Gasteiger partial charge in [-0.25, -0.2) is 0 Å². The molecule has 0 spiro atoms. The second-order valence-electron chi connectivity index (χ2n) is 4.36. The molecule has 0 saturated carbocycles. The molecular formula is C13H17N3S. The average Bonchev–Trinajstić information content (AvgIpc) is 2.78. The maximum atomic E-state index is 4.02. The van der Waals surface area contributed by atoms with Crippen LogP contribution in [0.1, 0.15) is 35.3 Å². The first-order valence-electron chi connectivity index (χ1n) is 5.73. The molecule has 0 amide bonds. The minimum absolute atomic E-state index is 0.331. The SMILES string of the molecule is Cc1ccc(C(C)NCc2csnn2)c(C)c1. The predicted molar refractivity (Wildman–Crippen MR) is 71.1 cm³/mol. The summed E-state index contributed by atoms with van der Waals surface area (Å²) in [5, 5.41) is 9.46. The fourth-order valence-corrected chi connectivity index (χ4v) is 2.39. The molecule has 4 heteroatoms. The van der Waals surface area contributed by atoms with E-state index < -0.39 is 0 Å². The molecular weight excluding hydrogens is 230 g/mol. The molecule has 0 radical (unpaired) electrons. The van der Waals surface area contributed by atoms with Crippen LogP contribution in [0, 0.1) is 13.8 Å². The van der Waals surface area contributed by atoms with Gasteiger partial charge in [0.1, 0.15) is 0 Å². The molecule has 3 nitrogen and oxygen atoms in total. The van der Waals surface area contributed by atoms with Crippen LogP contribution >= 0.6 is 11.5 Å². The lowest BCUT2D eigenvalue weighted by Gasteiger charge is -2.16. The second-order valence-corrected chi connectivity index (χ2v) is 4.97. The molecule has 0 bridgehead atoms. The number of benzene rings is 1. The molecule has 2 rings (SSSR count). The second kappa shape index (κ2) is 5.38. The molecule has 17 heavy (non-hydrogen) atoms. The van der Waals surface area contributed by atoms with Crippen molar-refractivity contribution in [3.8, 4) is 0 Å². The highest BCUT2D eigenvalue weighted by atomic mass is 32.1. The van der Waals surface area contributed by atoms with Crippen molar-refractivity contribution in [2.45, 2.75) is 33.4 Å². The van der Waals surface area contributed by atoms with Crippen molar-refractivity contribution in [1.82, 2.24) is 14.9 Å². The number of hydrogen-bond donors (Lipinski definition) is 1. The van der Waals surface area contributed by atoms with Crippen LogP contribution in [0.5, 0.6) is 0 Å². The number of aromatic nitrogens is 2. The summed E-state index contributed by atoms with van der Waals surface area (Å²) in [6.07, 6.45) is 0. The molecule has 0 aliphatic rings. The highest BCUT2D eigenvalue weighted by molar-refractivity contribution is 7.03. The van der Waals surface area contributed by atoms with E-state index in [0.29, 0.717) is 6.04 Å². The molecule has 1 aromatic heterocycles. The maximum Gasteiger partial charge on any atom is 0.0893 e. The van der Waals surface area contributed by atoms with Gasteiger partial charge in [0.25, 0.3) is 0 Å². The van der Waals surface area contributed by atoms with E-state index >= 15 is 0 Å². The van der Waals surface area contributed by atoms with Crippen LogP contribution < -0.4 is 5.32 Å². The zero-order valence-corrected chi connectivity index (χ0v) is 11.2. The maximum absolute atomic E-state index is 4.02. The number of rotatable bonds is 4. The van der Waals surface area contributed by atoms with Gasteiger partial charge in [0.15, 0.2) is 0 Å². The van der Waals surface area contributed by atoms with Gasteiger partial charge in [-0.2, -0.15) is 0 Å².